The summed E-state index contributed by atoms with van der Waals surface area (Å²) in [5, 5.41) is 12.8. The first-order valence-electron chi connectivity index (χ1n) is 9.82. The van der Waals surface area contributed by atoms with Crippen molar-refractivity contribution in [2.24, 2.45) is 0 Å². The van der Waals surface area contributed by atoms with Gasteiger partial charge in [-0.2, -0.15) is 14.5 Å². The Morgan fingerprint density at radius 3 is 2.37 bits per heavy atom. The number of nitrogens with one attached hydrogen (secondary N) is 1. The summed E-state index contributed by atoms with van der Waals surface area (Å²) in [6.07, 6.45) is 3.22. The quantitative estimate of drug-likeness (QED) is 0.484. The third kappa shape index (κ3) is 3.81. The molecule has 0 saturated carbocycles. The Balaban J connectivity index is 1.52. The second-order valence-electron chi connectivity index (χ2n) is 7.57. The number of benzene rings is 2. The standard InChI is InChI=1S/C21H24N8S/c1-15-6-5-7-16(2)20(15)29-21(30)28(24-25-29)14-26(4)17(3)18-8-10-19(11-9-18)27-13-22-12-23-27/h5-13,17H,14H2,1-4H3/p+1/t17-/m0/s1. The van der Waals surface area contributed by atoms with E-state index in [2.05, 4.69) is 84.7 Å². The second kappa shape index (κ2) is 8.29. The summed E-state index contributed by atoms with van der Waals surface area (Å²) in [6, 6.07) is 14.8. The first-order chi connectivity index (χ1) is 14.5. The fourth-order valence-corrected chi connectivity index (χ4v) is 3.80. The lowest BCUT2D eigenvalue weighted by atomic mass is 10.1. The molecule has 0 aliphatic carbocycles. The predicted molar refractivity (Wildman–Crippen MR) is 116 cm³/mol. The van der Waals surface area contributed by atoms with Crippen molar-refractivity contribution in [3.8, 4) is 11.4 Å². The van der Waals surface area contributed by atoms with Crippen LogP contribution in [-0.2, 0) is 6.67 Å². The van der Waals surface area contributed by atoms with Crippen LogP contribution in [0.4, 0.5) is 0 Å². The van der Waals surface area contributed by atoms with Gasteiger partial charge in [0.25, 0.3) is 0 Å². The molecule has 2 atom stereocenters. The first kappa shape index (κ1) is 20.1. The fraction of sp³-hybridized carbons (Fsp3) is 0.286. The van der Waals surface area contributed by atoms with E-state index in [1.165, 1.54) is 16.8 Å². The van der Waals surface area contributed by atoms with Gasteiger partial charge in [-0.3, -0.25) is 0 Å². The molecule has 1 unspecified atom stereocenters. The van der Waals surface area contributed by atoms with Crippen molar-refractivity contribution in [1.29, 1.82) is 0 Å². The highest BCUT2D eigenvalue weighted by atomic mass is 32.1. The largest absolute Gasteiger partial charge is 0.313 e. The zero-order valence-electron chi connectivity index (χ0n) is 17.5. The van der Waals surface area contributed by atoms with Crippen LogP contribution in [0.3, 0.4) is 0 Å². The molecule has 8 nitrogen and oxygen atoms in total. The maximum absolute atomic E-state index is 5.68. The van der Waals surface area contributed by atoms with Crippen molar-refractivity contribution in [2.45, 2.75) is 33.5 Å². The molecule has 2 aromatic carbocycles. The molecular weight excluding hydrogens is 396 g/mol. The molecule has 0 saturated heterocycles. The van der Waals surface area contributed by atoms with E-state index in [0.29, 0.717) is 11.4 Å². The average molecular weight is 422 g/mol. The van der Waals surface area contributed by atoms with E-state index in [0.717, 1.165) is 22.5 Å². The van der Waals surface area contributed by atoms with E-state index >= 15 is 0 Å². The van der Waals surface area contributed by atoms with Crippen LogP contribution >= 0.6 is 12.2 Å². The number of quaternary nitrogens is 1. The first-order valence-corrected chi connectivity index (χ1v) is 10.2. The molecule has 9 heteroatoms. The number of hydrogen-bond acceptors (Lipinski definition) is 5. The third-order valence-electron chi connectivity index (χ3n) is 5.51. The molecule has 30 heavy (non-hydrogen) atoms. The zero-order chi connectivity index (χ0) is 21.3. The maximum atomic E-state index is 5.68. The molecule has 0 radical (unpaired) electrons. The summed E-state index contributed by atoms with van der Waals surface area (Å²) < 4.78 is 5.89. The number of aromatic nitrogens is 7. The van der Waals surface area contributed by atoms with Gasteiger partial charge in [-0.05, 0) is 66.7 Å². The van der Waals surface area contributed by atoms with Gasteiger partial charge < -0.3 is 4.90 Å². The molecule has 0 aliphatic heterocycles. The Bertz CT molecular complexity index is 1170. The lowest BCUT2D eigenvalue weighted by molar-refractivity contribution is -0.933. The zero-order valence-corrected chi connectivity index (χ0v) is 18.3. The smallest absolute Gasteiger partial charge is 0.225 e. The van der Waals surface area contributed by atoms with Gasteiger partial charge in [-0.1, -0.05) is 30.3 Å². The highest BCUT2D eigenvalue weighted by molar-refractivity contribution is 7.71. The Labute approximate surface area is 180 Å². The highest BCUT2D eigenvalue weighted by Crippen LogP contribution is 2.18. The molecule has 4 aromatic rings. The van der Waals surface area contributed by atoms with Crippen LogP contribution in [0.2, 0.25) is 0 Å². The van der Waals surface area contributed by atoms with E-state index in [1.807, 2.05) is 6.07 Å². The van der Waals surface area contributed by atoms with E-state index in [9.17, 15) is 0 Å². The minimum atomic E-state index is 0.252. The van der Waals surface area contributed by atoms with Crippen LogP contribution in [0.25, 0.3) is 11.4 Å². The Morgan fingerprint density at radius 2 is 1.73 bits per heavy atom. The van der Waals surface area contributed by atoms with Crippen molar-refractivity contribution in [2.75, 3.05) is 7.05 Å². The molecule has 0 fully saturated rings. The number of rotatable bonds is 6. The SMILES string of the molecule is Cc1cccc(C)c1-n1nnn(C[NH+](C)[C@@H](C)c2ccc(-n3cncn3)cc2)c1=S. The van der Waals surface area contributed by atoms with Gasteiger partial charge in [0.15, 0.2) is 6.67 Å². The average Bonchev–Trinajstić information content (AvgIpc) is 3.39. The third-order valence-corrected chi connectivity index (χ3v) is 5.89. The molecule has 2 aromatic heterocycles. The number of hydrogen-bond donors (Lipinski definition) is 1. The summed E-state index contributed by atoms with van der Waals surface area (Å²) in [7, 11) is 2.13. The maximum Gasteiger partial charge on any atom is 0.225 e. The Hall–Kier alpha value is -3.17. The molecule has 0 aliphatic rings. The summed E-state index contributed by atoms with van der Waals surface area (Å²) in [5.41, 5.74) is 5.47. The van der Waals surface area contributed by atoms with Crippen molar-refractivity contribution >= 4 is 12.2 Å². The molecule has 4 rings (SSSR count). The lowest BCUT2D eigenvalue weighted by Crippen LogP contribution is -3.08. The second-order valence-corrected chi connectivity index (χ2v) is 7.94. The van der Waals surface area contributed by atoms with E-state index in [-0.39, 0.29) is 6.04 Å². The van der Waals surface area contributed by atoms with E-state index < -0.39 is 0 Å². The van der Waals surface area contributed by atoms with Crippen LogP contribution < -0.4 is 4.90 Å². The van der Waals surface area contributed by atoms with Crippen molar-refractivity contribution in [3.63, 3.8) is 0 Å². The Morgan fingerprint density at radius 1 is 1.03 bits per heavy atom. The van der Waals surface area contributed by atoms with Gasteiger partial charge in [0.1, 0.15) is 18.7 Å². The van der Waals surface area contributed by atoms with Crippen LogP contribution in [0.1, 0.15) is 29.7 Å². The van der Waals surface area contributed by atoms with Crippen molar-refractivity contribution < 1.29 is 4.90 Å². The molecule has 2 heterocycles. The van der Waals surface area contributed by atoms with E-state index in [4.69, 9.17) is 12.2 Å². The highest BCUT2D eigenvalue weighted by Gasteiger charge is 2.18. The molecule has 0 spiro atoms. The number of para-hydroxylation sites is 1. The molecule has 1 N–H and O–H groups in total. The number of nitrogens with zero attached hydrogens (tertiary/aromatic N) is 7. The molecule has 154 valence electrons. The van der Waals surface area contributed by atoms with Crippen molar-refractivity contribution in [1.82, 2.24) is 34.6 Å². The summed E-state index contributed by atoms with van der Waals surface area (Å²) in [5.74, 6) is 0. The molecule has 0 amide bonds. The van der Waals surface area contributed by atoms with Gasteiger partial charge in [-0.25, -0.2) is 9.67 Å². The van der Waals surface area contributed by atoms with Gasteiger partial charge in [0.2, 0.25) is 4.77 Å². The predicted octanol–water partition coefficient (Wildman–Crippen LogP) is 2.23. The summed E-state index contributed by atoms with van der Waals surface area (Å²) in [6.45, 7) is 6.94. The van der Waals surface area contributed by atoms with Crippen LogP contribution in [-0.4, -0.2) is 41.6 Å². The van der Waals surface area contributed by atoms with Gasteiger partial charge >= 0.3 is 0 Å². The normalized spacial score (nSPS) is 13.3. The lowest BCUT2D eigenvalue weighted by Gasteiger charge is -2.21. The van der Waals surface area contributed by atoms with Gasteiger partial charge in [0.05, 0.1) is 18.4 Å². The van der Waals surface area contributed by atoms with Gasteiger partial charge in [0, 0.05) is 5.56 Å². The van der Waals surface area contributed by atoms with Gasteiger partial charge in [-0.15, -0.1) is 0 Å². The minimum Gasteiger partial charge on any atom is -0.313 e. The molecular formula is C21H25N8S+. The fourth-order valence-electron chi connectivity index (χ4n) is 3.57. The van der Waals surface area contributed by atoms with Crippen molar-refractivity contribution in [3.05, 3.63) is 76.6 Å². The topological polar surface area (TPSA) is 70.8 Å². The number of tetrazole rings is 1. The Kier molecular flexibility index (Phi) is 5.56. The minimum absolute atomic E-state index is 0.252. The van der Waals surface area contributed by atoms with Crippen LogP contribution in [0.5, 0.6) is 0 Å². The van der Waals surface area contributed by atoms with E-state index in [1.54, 1.807) is 20.4 Å². The van der Waals surface area contributed by atoms with Crippen LogP contribution in [0.15, 0.2) is 55.1 Å². The van der Waals surface area contributed by atoms with Crippen LogP contribution in [0, 0.1) is 18.6 Å². The summed E-state index contributed by atoms with van der Waals surface area (Å²) >= 11 is 5.68. The molecule has 0 bridgehead atoms. The monoisotopic (exact) mass is 421 g/mol. The number of aryl methyl sites for hydroxylation is 2. The summed E-state index contributed by atoms with van der Waals surface area (Å²) in [4.78, 5) is 5.25.